The summed E-state index contributed by atoms with van der Waals surface area (Å²) in [6.07, 6.45) is 5.30. The third-order valence-electron chi connectivity index (χ3n) is 6.52. The Hall–Kier alpha value is -4.13. The minimum Gasteiger partial charge on any atom is -0.492 e. The first kappa shape index (κ1) is 25.0. The van der Waals surface area contributed by atoms with Gasteiger partial charge < -0.3 is 9.30 Å². The Kier molecular flexibility index (Phi) is 7.68. The Labute approximate surface area is 211 Å². The van der Waals surface area contributed by atoms with E-state index in [2.05, 4.69) is 31.3 Å². The van der Waals surface area contributed by atoms with Crippen molar-refractivity contribution in [3.05, 3.63) is 89.3 Å². The molecule has 0 saturated carbocycles. The fraction of sp³-hybridized carbons (Fsp3) is 0.276. The molecule has 2 heterocycles. The number of rotatable bonds is 9. The second-order valence-corrected chi connectivity index (χ2v) is 8.83. The summed E-state index contributed by atoms with van der Waals surface area (Å²) in [6, 6.07) is 18.2. The van der Waals surface area contributed by atoms with Crippen molar-refractivity contribution >= 4 is 29.6 Å². The van der Waals surface area contributed by atoms with E-state index in [1.807, 2.05) is 54.1 Å². The van der Waals surface area contributed by atoms with Crippen LogP contribution in [0.2, 0.25) is 0 Å². The van der Waals surface area contributed by atoms with Gasteiger partial charge in [-0.2, -0.15) is 0 Å². The maximum absolute atomic E-state index is 13.2. The minimum atomic E-state index is -0.755. The monoisotopic (exact) mass is 485 g/mol. The lowest BCUT2D eigenvalue weighted by Crippen LogP contribution is -2.54. The third-order valence-corrected chi connectivity index (χ3v) is 6.52. The van der Waals surface area contributed by atoms with Crippen molar-refractivity contribution in [3.63, 3.8) is 0 Å². The lowest BCUT2D eigenvalue weighted by molar-refractivity contribution is -0.122. The molecule has 4 amide bonds. The first-order chi connectivity index (χ1) is 17.4. The van der Waals surface area contributed by atoms with Crippen LogP contribution in [0.25, 0.3) is 6.08 Å². The molecule has 1 aromatic heterocycles. The normalized spacial score (nSPS) is 15.8. The lowest BCUT2D eigenvalue weighted by Gasteiger charge is -2.26. The topological polar surface area (TPSA) is 80.6 Å². The number of imide groups is 2. The average molecular weight is 486 g/mol. The highest BCUT2D eigenvalue weighted by molar-refractivity contribution is 6.39. The zero-order valence-corrected chi connectivity index (χ0v) is 20.9. The largest absolute Gasteiger partial charge is 0.492 e. The number of carbonyl (C=O) groups is 3. The van der Waals surface area contributed by atoms with Gasteiger partial charge in [-0.15, -0.1) is 0 Å². The summed E-state index contributed by atoms with van der Waals surface area (Å²) >= 11 is 0. The highest BCUT2D eigenvalue weighted by Crippen LogP contribution is 2.24. The Morgan fingerprint density at radius 2 is 1.69 bits per heavy atom. The second-order valence-electron chi connectivity index (χ2n) is 8.83. The Morgan fingerprint density at radius 1 is 0.972 bits per heavy atom. The molecule has 1 fully saturated rings. The van der Waals surface area contributed by atoms with Crippen LogP contribution in [0.15, 0.2) is 72.4 Å². The number of nitrogens with one attached hydrogen (secondary N) is 1. The van der Waals surface area contributed by atoms with Crippen molar-refractivity contribution in [3.8, 4) is 5.75 Å². The van der Waals surface area contributed by atoms with Crippen molar-refractivity contribution in [1.82, 2.24) is 9.88 Å². The van der Waals surface area contributed by atoms with Crippen molar-refractivity contribution in [2.45, 2.75) is 46.1 Å². The van der Waals surface area contributed by atoms with Crippen molar-refractivity contribution in [2.75, 3.05) is 11.5 Å². The molecule has 1 atom stereocenters. The maximum atomic E-state index is 13.2. The number of nitrogens with zero attached hydrogens (tertiary/aromatic N) is 2. The van der Waals surface area contributed by atoms with Gasteiger partial charge in [-0.05, 0) is 72.4 Å². The van der Waals surface area contributed by atoms with E-state index in [0.29, 0.717) is 30.5 Å². The Bertz CT molecular complexity index is 1270. The Morgan fingerprint density at radius 3 is 2.36 bits per heavy atom. The summed E-state index contributed by atoms with van der Waals surface area (Å²) in [5.41, 5.74) is 3.35. The number of carbonyl (C=O) groups excluding carboxylic acids is 3. The van der Waals surface area contributed by atoms with Gasteiger partial charge in [0.25, 0.3) is 11.8 Å². The van der Waals surface area contributed by atoms with Crippen molar-refractivity contribution in [1.29, 1.82) is 0 Å². The summed E-state index contributed by atoms with van der Waals surface area (Å²) in [5.74, 6) is -0.0643. The molecule has 186 valence electrons. The van der Waals surface area contributed by atoms with Gasteiger partial charge in [-0.3, -0.25) is 14.9 Å². The van der Waals surface area contributed by atoms with E-state index in [4.69, 9.17) is 4.74 Å². The SMILES string of the molecule is CCc1ccc(N2C(=O)NC(=O)/C(=C/c3cccn3CCOc3ccc([C@@H](C)CC)cc3)C2=O)cc1. The molecule has 36 heavy (non-hydrogen) atoms. The molecule has 1 saturated heterocycles. The average Bonchev–Trinajstić information content (AvgIpc) is 3.33. The van der Waals surface area contributed by atoms with E-state index in [9.17, 15) is 14.4 Å². The maximum Gasteiger partial charge on any atom is 0.335 e. The van der Waals surface area contributed by atoms with Gasteiger partial charge >= 0.3 is 6.03 Å². The number of urea groups is 1. The van der Waals surface area contributed by atoms with E-state index < -0.39 is 17.8 Å². The van der Waals surface area contributed by atoms with Gasteiger partial charge in [0.15, 0.2) is 0 Å². The molecule has 1 N–H and O–H groups in total. The number of aromatic nitrogens is 1. The minimum absolute atomic E-state index is 0.101. The summed E-state index contributed by atoms with van der Waals surface area (Å²) in [4.78, 5) is 39.2. The number of hydrogen-bond acceptors (Lipinski definition) is 4. The van der Waals surface area contributed by atoms with Crippen LogP contribution in [-0.2, 0) is 22.6 Å². The van der Waals surface area contributed by atoms with E-state index in [1.165, 1.54) is 11.6 Å². The van der Waals surface area contributed by atoms with Crippen LogP contribution < -0.4 is 15.0 Å². The second kappa shape index (κ2) is 11.1. The summed E-state index contributed by atoms with van der Waals surface area (Å²) in [6.45, 7) is 7.34. The highest BCUT2D eigenvalue weighted by atomic mass is 16.5. The van der Waals surface area contributed by atoms with Crippen molar-refractivity contribution in [2.24, 2.45) is 0 Å². The smallest absolute Gasteiger partial charge is 0.335 e. The van der Waals surface area contributed by atoms with Crippen LogP contribution in [0.5, 0.6) is 5.75 Å². The van der Waals surface area contributed by atoms with Crippen LogP contribution in [0.3, 0.4) is 0 Å². The molecule has 7 nitrogen and oxygen atoms in total. The molecule has 0 unspecified atom stereocenters. The first-order valence-corrected chi connectivity index (χ1v) is 12.3. The number of amides is 4. The zero-order chi connectivity index (χ0) is 25.7. The van der Waals surface area contributed by atoms with Gasteiger partial charge in [-0.25, -0.2) is 9.69 Å². The van der Waals surface area contributed by atoms with Gasteiger partial charge in [0, 0.05) is 11.9 Å². The number of barbiturate groups is 1. The number of aryl methyl sites for hydroxylation is 1. The molecule has 4 rings (SSSR count). The number of benzene rings is 2. The fourth-order valence-corrected chi connectivity index (χ4v) is 4.07. The van der Waals surface area contributed by atoms with Crippen LogP contribution in [0, 0.1) is 0 Å². The molecule has 7 heteroatoms. The van der Waals surface area contributed by atoms with Gasteiger partial charge in [0.05, 0.1) is 12.2 Å². The molecule has 0 spiro atoms. The molecule has 0 aliphatic carbocycles. The zero-order valence-electron chi connectivity index (χ0n) is 20.9. The molecule has 0 radical (unpaired) electrons. The number of anilines is 1. The van der Waals surface area contributed by atoms with Gasteiger partial charge in [-0.1, -0.05) is 45.0 Å². The number of ether oxygens (including phenoxy) is 1. The van der Waals surface area contributed by atoms with E-state index in [1.54, 1.807) is 12.1 Å². The standard InChI is InChI=1S/C29H31N3O4/c1-4-20(3)22-10-14-25(15-11-22)36-18-17-31-16-6-7-24(31)19-26-27(33)30-29(35)32(28(26)34)23-12-8-21(5-2)9-13-23/h6-16,19-20H,4-5,17-18H2,1-3H3,(H,30,33,35)/b26-19-/t20-/m0/s1. The molecule has 0 bridgehead atoms. The molecule has 1 aliphatic heterocycles. The Balaban J connectivity index is 1.47. The van der Waals surface area contributed by atoms with Crippen molar-refractivity contribution < 1.29 is 19.1 Å². The van der Waals surface area contributed by atoms with E-state index in [-0.39, 0.29) is 5.57 Å². The molecular formula is C29H31N3O4. The van der Waals surface area contributed by atoms with Gasteiger partial charge in [0.2, 0.25) is 0 Å². The number of hydrogen-bond donors (Lipinski definition) is 1. The highest BCUT2D eigenvalue weighted by Gasteiger charge is 2.36. The quantitative estimate of drug-likeness (QED) is 0.329. The molecule has 3 aromatic rings. The molecule has 1 aliphatic rings. The van der Waals surface area contributed by atoms with Crippen LogP contribution in [0.4, 0.5) is 10.5 Å². The van der Waals surface area contributed by atoms with Crippen LogP contribution in [-0.4, -0.2) is 29.0 Å². The van der Waals surface area contributed by atoms with Crippen LogP contribution >= 0.6 is 0 Å². The summed E-state index contributed by atoms with van der Waals surface area (Å²) in [7, 11) is 0. The first-order valence-electron chi connectivity index (χ1n) is 12.3. The lowest BCUT2D eigenvalue weighted by atomic mass is 9.99. The molecular weight excluding hydrogens is 454 g/mol. The van der Waals surface area contributed by atoms with E-state index in [0.717, 1.165) is 29.1 Å². The fourth-order valence-electron chi connectivity index (χ4n) is 4.07. The predicted molar refractivity (Wildman–Crippen MR) is 140 cm³/mol. The summed E-state index contributed by atoms with van der Waals surface area (Å²) < 4.78 is 7.80. The third kappa shape index (κ3) is 5.40. The van der Waals surface area contributed by atoms with E-state index >= 15 is 0 Å². The van der Waals surface area contributed by atoms with Crippen LogP contribution in [0.1, 0.15) is 49.9 Å². The van der Waals surface area contributed by atoms with Gasteiger partial charge in [0.1, 0.15) is 17.9 Å². The summed E-state index contributed by atoms with van der Waals surface area (Å²) in [5, 5.41) is 2.28. The molecule has 2 aromatic carbocycles. The predicted octanol–water partition coefficient (Wildman–Crippen LogP) is 5.31.